The molecule has 1 aromatic rings. The van der Waals surface area contributed by atoms with Gasteiger partial charge < -0.3 is 4.74 Å². The highest BCUT2D eigenvalue weighted by Crippen LogP contribution is 2.39. The van der Waals surface area contributed by atoms with Gasteiger partial charge in [0.25, 0.3) is 0 Å². The van der Waals surface area contributed by atoms with Crippen LogP contribution in [-0.2, 0) is 0 Å². The van der Waals surface area contributed by atoms with Gasteiger partial charge >= 0.3 is 0 Å². The molecule has 0 fully saturated rings. The summed E-state index contributed by atoms with van der Waals surface area (Å²) in [5, 5.41) is 0. The van der Waals surface area contributed by atoms with Crippen molar-refractivity contribution >= 4 is 0 Å². The van der Waals surface area contributed by atoms with Crippen molar-refractivity contribution in [2.75, 3.05) is 0 Å². The Labute approximate surface area is 124 Å². The van der Waals surface area contributed by atoms with Crippen LogP contribution in [0.1, 0.15) is 53.0 Å². The molecule has 0 saturated heterocycles. The van der Waals surface area contributed by atoms with Crippen molar-refractivity contribution < 1.29 is 4.74 Å². The normalized spacial score (nSPS) is 16.2. The van der Waals surface area contributed by atoms with E-state index in [1.807, 2.05) is 58.9 Å². The molecule has 0 spiro atoms. The zero-order valence-electron chi connectivity index (χ0n) is 13.7. The first-order valence-corrected chi connectivity index (χ1v) is 7.54. The summed E-state index contributed by atoms with van der Waals surface area (Å²) in [6.07, 6.45) is 5.91. The fourth-order valence-corrected chi connectivity index (χ4v) is 2.06. The van der Waals surface area contributed by atoms with E-state index in [9.17, 15) is 0 Å². The largest absolute Gasteiger partial charge is 0.457 e. The molecule has 0 amide bonds. The average molecular weight is 272 g/mol. The van der Waals surface area contributed by atoms with Gasteiger partial charge in [-0.3, -0.25) is 0 Å². The molecule has 2 rings (SSSR count). The van der Waals surface area contributed by atoms with E-state index in [4.69, 9.17) is 4.74 Å². The Bertz CT molecular complexity index is 466. The van der Waals surface area contributed by atoms with E-state index in [0.717, 1.165) is 11.5 Å². The summed E-state index contributed by atoms with van der Waals surface area (Å²) in [7, 11) is 0. The van der Waals surface area contributed by atoms with Crippen LogP contribution in [0.3, 0.4) is 0 Å². The van der Waals surface area contributed by atoms with Crippen LogP contribution in [0.5, 0.6) is 5.75 Å². The third-order valence-corrected chi connectivity index (χ3v) is 2.89. The maximum absolute atomic E-state index is 5.83. The number of hydrogen-bond acceptors (Lipinski definition) is 1. The molecule has 1 aromatic carbocycles. The van der Waals surface area contributed by atoms with Crippen LogP contribution in [-0.4, -0.2) is 0 Å². The summed E-state index contributed by atoms with van der Waals surface area (Å²) < 4.78 is 5.83. The lowest BCUT2D eigenvalue weighted by Gasteiger charge is -2.25. The Hall–Kier alpha value is -1.76. The molecular weight excluding hydrogens is 244 g/mol. The second-order valence-corrected chi connectivity index (χ2v) is 3.89. The molecule has 1 heteroatoms. The molecule has 1 nitrogen and oxygen atoms in total. The van der Waals surface area contributed by atoms with Crippen LogP contribution < -0.4 is 4.74 Å². The summed E-state index contributed by atoms with van der Waals surface area (Å²) in [6, 6.07) is 8.16. The smallest absolute Gasteiger partial charge is 0.131 e. The summed E-state index contributed by atoms with van der Waals surface area (Å²) in [4.78, 5) is 0. The number of benzene rings is 1. The molecule has 1 aliphatic heterocycles. The first-order chi connectivity index (χ1) is 9.77. The fraction of sp³-hybridized carbons (Fsp3) is 0.368. The molecule has 0 saturated carbocycles. The molecule has 1 aliphatic rings. The predicted molar refractivity (Wildman–Crippen MR) is 90.2 cm³/mol. The van der Waals surface area contributed by atoms with Crippen molar-refractivity contribution in [2.45, 2.75) is 47.5 Å². The van der Waals surface area contributed by atoms with Crippen molar-refractivity contribution in [3.05, 3.63) is 66.0 Å². The zero-order chi connectivity index (χ0) is 15.5. The van der Waals surface area contributed by atoms with Gasteiger partial charge in [0.2, 0.25) is 0 Å². The first kappa shape index (κ1) is 18.2. The van der Waals surface area contributed by atoms with Crippen molar-refractivity contribution in [3.8, 4) is 5.75 Å². The highest BCUT2D eigenvalue weighted by molar-refractivity contribution is 5.50. The summed E-state index contributed by atoms with van der Waals surface area (Å²) in [5.41, 5.74) is 2.43. The molecule has 0 bridgehead atoms. The number of allylic oxidation sites excluding steroid dienone is 4. The lowest BCUT2D eigenvalue weighted by atomic mass is 9.89. The van der Waals surface area contributed by atoms with Crippen molar-refractivity contribution in [3.63, 3.8) is 0 Å². The van der Waals surface area contributed by atoms with Gasteiger partial charge in [-0.05, 0) is 19.1 Å². The Morgan fingerprint density at radius 1 is 1.10 bits per heavy atom. The van der Waals surface area contributed by atoms with Crippen LogP contribution in [0.2, 0.25) is 0 Å². The van der Waals surface area contributed by atoms with Gasteiger partial charge in [-0.2, -0.15) is 0 Å². The van der Waals surface area contributed by atoms with Crippen LogP contribution in [0.4, 0.5) is 0 Å². The van der Waals surface area contributed by atoms with E-state index in [2.05, 4.69) is 25.6 Å². The number of fused-ring (bicyclic) bond motifs is 1. The van der Waals surface area contributed by atoms with Crippen LogP contribution in [0, 0.1) is 0 Å². The molecule has 1 heterocycles. The third-order valence-electron chi connectivity index (χ3n) is 2.89. The van der Waals surface area contributed by atoms with Crippen molar-refractivity contribution in [1.29, 1.82) is 0 Å². The van der Waals surface area contributed by atoms with Crippen LogP contribution in [0.15, 0.2) is 60.4 Å². The SMILES string of the molecule is C=CC1=C(/C=C\C)C(C)c2ccccc2O1.CC.CC. The minimum atomic E-state index is 0.356. The zero-order valence-corrected chi connectivity index (χ0v) is 13.7. The third kappa shape index (κ3) is 4.12. The van der Waals surface area contributed by atoms with Crippen molar-refractivity contribution in [2.24, 2.45) is 0 Å². The molecule has 0 radical (unpaired) electrons. The Balaban J connectivity index is 0.000000829. The second-order valence-electron chi connectivity index (χ2n) is 3.89. The molecule has 20 heavy (non-hydrogen) atoms. The van der Waals surface area contributed by atoms with E-state index in [0.29, 0.717) is 5.92 Å². The standard InChI is InChI=1S/C15H16O.2C2H6/c1-4-8-12-11(3)13-9-6-7-10-15(13)16-14(12)5-2;2*1-2/h4-11H,2H2,1,3H3;2*1-2H3/b8-4-;;. The van der Waals surface area contributed by atoms with E-state index in [-0.39, 0.29) is 0 Å². The van der Waals surface area contributed by atoms with Gasteiger partial charge in [-0.25, -0.2) is 0 Å². The molecule has 0 N–H and O–H groups in total. The van der Waals surface area contributed by atoms with Gasteiger partial charge in [0.05, 0.1) is 0 Å². The van der Waals surface area contributed by atoms with E-state index < -0.39 is 0 Å². The monoisotopic (exact) mass is 272 g/mol. The Kier molecular flexibility index (Phi) is 9.19. The minimum Gasteiger partial charge on any atom is -0.457 e. The van der Waals surface area contributed by atoms with Gasteiger partial charge in [0, 0.05) is 17.1 Å². The fourth-order valence-electron chi connectivity index (χ4n) is 2.06. The summed E-state index contributed by atoms with van der Waals surface area (Å²) in [5.74, 6) is 2.16. The van der Waals surface area contributed by atoms with Gasteiger partial charge in [0.1, 0.15) is 11.5 Å². The van der Waals surface area contributed by atoms with E-state index in [1.54, 1.807) is 6.08 Å². The van der Waals surface area contributed by atoms with Gasteiger partial charge in [-0.1, -0.05) is 71.5 Å². The van der Waals surface area contributed by atoms with Gasteiger partial charge in [-0.15, -0.1) is 0 Å². The van der Waals surface area contributed by atoms with Crippen LogP contribution in [0.25, 0.3) is 0 Å². The molecule has 1 atom stereocenters. The number of rotatable bonds is 2. The van der Waals surface area contributed by atoms with Gasteiger partial charge in [0.15, 0.2) is 0 Å². The van der Waals surface area contributed by atoms with E-state index in [1.165, 1.54) is 11.1 Å². The lowest BCUT2D eigenvalue weighted by Crippen LogP contribution is -2.11. The summed E-state index contributed by atoms with van der Waals surface area (Å²) in [6.45, 7) is 16.0. The lowest BCUT2D eigenvalue weighted by molar-refractivity contribution is 0.414. The molecule has 1 unspecified atom stereocenters. The topological polar surface area (TPSA) is 9.23 Å². The molecule has 0 aliphatic carbocycles. The predicted octanol–water partition coefficient (Wildman–Crippen LogP) is 6.25. The molecule has 0 aromatic heterocycles. The average Bonchev–Trinajstić information content (AvgIpc) is 2.54. The van der Waals surface area contributed by atoms with Crippen LogP contribution >= 0.6 is 0 Å². The number of hydrogen-bond donors (Lipinski definition) is 0. The summed E-state index contributed by atoms with van der Waals surface area (Å²) >= 11 is 0. The quantitative estimate of drug-likeness (QED) is 0.618. The molecular formula is C19H28O. The second kappa shape index (κ2) is 10.1. The molecule has 110 valence electrons. The minimum absolute atomic E-state index is 0.356. The van der Waals surface area contributed by atoms with E-state index >= 15 is 0 Å². The number of para-hydroxylation sites is 1. The number of ether oxygens (including phenoxy) is 1. The maximum Gasteiger partial charge on any atom is 0.131 e. The maximum atomic E-state index is 5.83. The Morgan fingerprint density at radius 3 is 2.25 bits per heavy atom. The first-order valence-electron chi connectivity index (χ1n) is 7.54. The Morgan fingerprint density at radius 2 is 1.70 bits per heavy atom. The highest BCUT2D eigenvalue weighted by Gasteiger charge is 2.22. The highest BCUT2D eigenvalue weighted by atomic mass is 16.5. The van der Waals surface area contributed by atoms with Crippen molar-refractivity contribution in [1.82, 2.24) is 0 Å².